The molecule has 1 aliphatic carbocycles. The van der Waals surface area contributed by atoms with Crippen molar-refractivity contribution in [3.63, 3.8) is 0 Å². The van der Waals surface area contributed by atoms with E-state index in [0.29, 0.717) is 6.42 Å². The summed E-state index contributed by atoms with van der Waals surface area (Å²) in [5.74, 6) is -1.22. The molecule has 8 heteroatoms. The molecule has 2 atom stereocenters. The molecule has 0 aromatic heterocycles. The maximum absolute atomic E-state index is 12.9. The first-order valence-corrected chi connectivity index (χ1v) is 8.77. The summed E-state index contributed by atoms with van der Waals surface area (Å²) in [5.41, 5.74) is 4.35. The number of fused-ring (bicyclic) bond motifs is 3. The molecule has 0 saturated carbocycles. The van der Waals surface area contributed by atoms with Crippen LogP contribution in [0, 0.1) is 5.92 Å². The van der Waals surface area contributed by atoms with Gasteiger partial charge in [0.2, 0.25) is 11.8 Å². The van der Waals surface area contributed by atoms with Crippen molar-refractivity contribution in [2.75, 3.05) is 5.32 Å². The highest BCUT2D eigenvalue weighted by Gasteiger charge is 2.38. The number of alkyl halides is 3. The Bertz CT molecular complexity index is 967. The number of benzene rings is 2. The predicted molar refractivity (Wildman–Crippen MR) is 96.7 cm³/mol. The third-order valence-electron chi connectivity index (χ3n) is 5.05. The summed E-state index contributed by atoms with van der Waals surface area (Å²) in [6, 6.07) is 11.7. The number of amides is 2. The van der Waals surface area contributed by atoms with Gasteiger partial charge >= 0.3 is 6.18 Å². The molecule has 0 unspecified atom stereocenters. The van der Waals surface area contributed by atoms with Gasteiger partial charge in [-0.2, -0.15) is 18.3 Å². The van der Waals surface area contributed by atoms with E-state index in [9.17, 15) is 22.8 Å². The maximum Gasteiger partial charge on any atom is 0.416 e. The van der Waals surface area contributed by atoms with Crippen molar-refractivity contribution in [1.82, 2.24) is 5.43 Å². The second-order valence-corrected chi connectivity index (χ2v) is 6.87. The fourth-order valence-electron chi connectivity index (χ4n) is 3.72. The zero-order chi connectivity index (χ0) is 19.9. The normalized spacial score (nSPS) is 21.1. The SMILES string of the molecule is O=C1C[C@@H]2C[C@@H](C(=O)Nc3ccc(C(F)(F)F)cc3)c3ccccc3C2=NN1. The van der Waals surface area contributed by atoms with E-state index < -0.39 is 17.7 Å². The van der Waals surface area contributed by atoms with Gasteiger partial charge in [-0.1, -0.05) is 24.3 Å². The Morgan fingerprint density at radius 2 is 1.82 bits per heavy atom. The number of carbonyl (C=O) groups excluding carboxylic acids is 2. The molecule has 2 N–H and O–H groups in total. The van der Waals surface area contributed by atoms with Crippen LogP contribution in [-0.4, -0.2) is 17.5 Å². The summed E-state index contributed by atoms with van der Waals surface area (Å²) >= 11 is 0. The fraction of sp³-hybridized carbons (Fsp3) is 0.250. The van der Waals surface area contributed by atoms with Crippen molar-refractivity contribution in [2.24, 2.45) is 11.0 Å². The molecule has 4 rings (SSSR count). The molecule has 28 heavy (non-hydrogen) atoms. The number of rotatable bonds is 2. The number of anilines is 1. The molecule has 2 aliphatic rings. The molecule has 144 valence electrons. The van der Waals surface area contributed by atoms with Crippen molar-refractivity contribution >= 4 is 23.2 Å². The standard InChI is InChI=1S/C20H16F3N3O2/c21-20(22,23)12-5-7-13(8-6-12)24-19(28)16-9-11-10-17(27)25-26-18(11)15-4-2-1-3-14(15)16/h1-8,11,16H,9-10H2,(H,24,28)(H,25,27)/t11-,16+/m0/s1. The van der Waals surface area contributed by atoms with Gasteiger partial charge in [0.25, 0.3) is 0 Å². The van der Waals surface area contributed by atoms with Crippen LogP contribution in [0.3, 0.4) is 0 Å². The Balaban J connectivity index is 1.60. The first-order chi connectivity index (χ1) is 13.3. The van der Waals surface area contributed by atoms with Gasteiger partial charge in [0, 0.05) is 23.6 Å². The second-order valence-electron chi connectivity index (χ2n) is 6.87. The van der Waals surface area contributed by atoms with Gasteiger partial charge in [-0.3, -0.25) is 9.59 Å². The molecule has 5 nitrogen and oxygen atoms in total. The van der Waals surface area contributed by atoms with Crippen LogP contribution in [0.15, 0.2) is 53.6 Å². The number of carbonyl (C=O) groups is 2. The number of hydrogen-bond donors (Lipinski definition) is 2. The molecule has 1 aliphatic heterocycles. The van der Waals surface area contributed by atoms with Crippen LogP contribution in [0.25, 0.3) is 0 Å². The minimum Gasteiger partial charge on any atom is -0.326 e. The molecule has 2 aromatic rings. The minimum atomic E-state index is -4.43. The topological polar surface area (TPSA) is 70.6 Å². The average Bonchev–Trinajstić information content (AvgIpc) is 2.66. The molecule has 0 saturated heterocycles. The number of halogens is 3. The third-order valence-corrected chi connectivity index (χ3v) is 5.05. The molecular formula is C20H16F3N3O2. The van der Waals surface area contributed by atoms with E-state index in [1.165, 1.54) is 12.1 Å². The van der Waals surface area contributed by atoms with Gasteiger partial charge in [-0.15, -0.1) is 0 Å². The smallest absolute Gasteiger partial charge is 0.326 e. The quantitative estimate of drug-likeness (QED) is 0.826. The minimum absolute atomic E-state index is 0.174. The van der Waals surface area contributed by atoms with E-state index in [-0.39, 0.29) is 29.8 Å². The maximum atomic E-state index is 12.9. The van der Waals surface area contributed by atoms with Gasteiger partial charge in [0.1, 0.15) is 0 Å². The lowest BCUT2D eigenvalue weighted by Gasteiger charge is -2.33. The van der Waals surface area contributed by atoms with Crippen LogP contribution in [0.5, 0.6) is 0 Å². The highest BCUT2D eigenvalue weighted by Crippen LogP contribution is 2.38. The first kappa shape index (κ1) is 18.2. The third kappa shape index (κ3) is 3.37. The van der Waals surface area contributed by atoms with Gasteiger partial charge in [0.05, 0.1) is 17.2 Å². The average molecular weight is 387 g/mol. The van der Waals surface area contributed by atoms with E-state index in [1.54, 1.807) is 0 Å². The Labute approximate surface area is 158 Å². The monoisotopic (exact) mass is 387 g/mol. The highest BCUT2D eigenvalue weighted by atomic mass is 19.4. The van der Waals surface area contributed by atoms with Crippen LogP contribution < -0.4 is 10.7 Å². The Kier molecular flexibility index (Phi) is 4.41. The number of hydrazone groups is 1. The summed E-state index contributed by atoms with van der Waals surface area (Å²) in [5, 5.41) is 6.85. The number of nitrogens with one attached hydrogen (secondary N) is 2. The summed E-state index contributed by atoms with van der Waals surface area (Å²) in [6.45, 7) is 0. The molecule has 0 spiro atoms. The van der Waals surface area contributed by atoms with Gasteiger partial charge in [-0.05, 0) is 36.2 Å². The largest absolute Gasteiger partial charge is 0.416 e. The van der Waals surface area contributed by atoms with Crippen LogP contribution in [0.2, 0.25) is 0 Å². The summed E-state index contributed by atoms with van der Waals surface area (Å²) in [6.07, 6.45) is -3.77. The van der Waals surface area contributed by atoms with E-state index in [1.807, 2.05) is 24.3 Å². The zero-order valence-electron chi connectivity index (χ0n) is 14.6. The lowest BCUT2D eigenvalue weighted by Crippen LogP contribution is -2.39. The second kappa shape index (κ2) is 6.78. The Morgan fingerprint density at radius 1 is 1.11 bits per heavy atom. The van der Waals surface area contributed by atoms with E-state index in [4.69, 9.17) is 0 Å². The summed E-state index contributed by atoms with van der Waals surface area (Å²) < 4.78 is 38.1. The number of hydrogen-bond acceptors (Lipinski definition) is 3. The van der Waals surface area contributed by atoms with Crippen molar-refractivity contribution in [3.05, 3.63) is 65.2 Å². The van der Waals surface area contributed by atoms with Crippen LogP contribution in [-0.2, 0) is 15.8 Å². The molecule has 0 radical (unpaired) electrons. The summed E-state index contributed by atoms with van der Waals surface area (Å²) in [4.78, 5) is 24.6. The van der Waals surface area contributed by atoms with Crippen molar-refractivity contribution in [3.8, 4) is 0 Å². The number of nitrogens with zero attached hydrogens (tertiary/aromatic N) is 1. The summed E-state index contributed by atoms with van der Waals surface area (Å²) in [7, 11) is 0. The predicted octanol–water partition coefficient (Wildman–Crippen LogP) is 3.67. The van der Waals surface area contributed by atoms with Crippen LogP contribution in [0.4, 0.5) is 18.9 Å². The lowest BCUT2D eigenvalue weighted by atomic mass is 9.73. The van der Waals surface area contributed by atoms with E-state index in [0.717, 1.165) is 29.0 Å². The van der Waals surface area contributed by atoms with Crippen LogP contribution in [0.1, 0.15) is 35.4 Å². The molecule has 0 bridgehead atoms. The molecule has 2 aromatic carbocycles. The van der Waals surface area contributed by atoms with E-state index >= 15 is 0 Å². The van der Waals surface area contributed by atoms with Gasteiger partial charge in [0.15, 0.2) is 0 Å². The zero-order valence-corrected chi connectivity index (χ0v) is 14.6. The first-order valence-electron chi connectivity index (χ1n) is 8.77. The Hall–Kier alpha value is -3.16. The molecule has 2 amide bonds. The molecular weight excluding hydrogens is 371 g/mol. The van der Waals surface area contributed by atoms with Crippen molar-refractivity contribution < 1.29 is 22.8 Å². The highest BCUT2D eigenvalue weighted by molar-refractivity contribution is 6.10. The Morgan fingerprint density at radius 3 is 2.54 bits per heavy atom. The van der Waals surface area contributed by atoms with Crippen molar-refractivity contribution in [2.45, 2.75) is 24.9 Å². The van der Waals surface area contributed by atoms with Crippen LogP contribution >= 0.6 is 0 Å². The fourth-order valence-corrected chi connectivity index (χ4v) is 3.72. The molecule has 0 fully saturated rings. The van der Waals surface area contributed by atoms with Crippen molar-refractivity contribution in [1.29, 1.82) is 0 Å². The van der Waals surface area contributed by atoms with Gasteiger partial charge in [-0.25, -0.2) is 5.43 Å². The van der Waals surface area contributed by atoms with E-state index in [2.05, 4.69) is 15.8 Å². The molecule has 1 heterocycles. The lowest BCUT2D eigenvalue weighted by molar-refractivity contribution is -0.137. The van der Waals surface area contributed by atoms with Gasteiger partial charge < -0.3 is 5.32 Å².